The third kappa shape index (κ3) is 15.0. The van der Waals surface area contributed by atoms with Gasteiger partial charge in [-0.1, -0.05) is 72.8 Å². The number of benzene rings is 3. The SMILES string of the molecule is c1ccc(COCCOCCOCCOc2ccccc2OCCOCCOCCOCc2ccccc2)cc1. The summed E-state index contributed by atoms with van der Waals surface area (Å²) in [5.41, 5.74) is 2.31. The van der Waals surface area contributed by atoms with Crippen LogP contribution >= 0.6 is 0 Å². The van der Waals surface area contributed by atoms with E-state index in [9.17, 15) is 0 Å². The standard InChI is InChI=1S/C32H42O8/c1-3-9-29(10-4-1)27-37-21-19-33-15-17-35-23-25-39-31-13-7-8-14-32(31)40-26-24-36-18-16-34-20-22-38-28-30-11-5-2-6-12-30/h1-14H,15-28H2. The monoisotopic (exact) mass is 554 g/mol. The second kappa shape index (κ2) is 21.8. The quantitative estimate of drug-likeness (QED) is 0.144. The van der Waals surface area contributed by atoms with Crippen molar-refractivity contribution in [2.45, 2.75) is 13.2 Å². The van der Waals surface area contributed by atoms with Gasteiger partial charge in [0, 0.05) is 0 Å². The predicted octanol–water partition coefficient (Wildman–Crippen LogP) is 4.94. The molecule has 0 aliphatic heterocycles. The molecule has 8 heteroatoms. The molecule has 0 bridgehead atoms. The van der Waals surface area contributed by atoms with Gasteiger partial charge in [0.1, 0.15) is 13.2 Å². The molecule has 0 spiro atoms. The zero-order chi connectivity index (χ0) is 27.8. The molecular formula is C32H42O8. The Kier molecular flexibility index (Phi) is 17.2. The Balaban J connectivity index is 1.10. The molecule has 0 saturated carbocycles. The van der Waals surface area contributed by atoms with Crippen LogP contribution in [-0.2, 0) is 41.6 Å². The topological polar surface area (TPSA) is 73.8 Å². The number of para-hydroxylation sites is 2. The highest BCUT2D eigenvalue weighted by molar-refractivity contribution is 5.39. The molecule has 40 heavy (non-hydrogen) atoms. The molecule has 0 atom stereocenters. The van der Waals surface area contributed by atoms with Crippen molar-refractivity contribution in [2.75, 3.05) is 79.3 Å². The van der Waals surface area contributed by atoms with Crippen LogP contribution in [0.5, 0.6) is 11.5 Å². The van der Waals surface area contributed by atoms with Crippen LogP contribution in [0.3, 0.4) is 0 Å². The van der Waals surface area contributed by atoms with Crippen LogP contribution in [0.25, 0.3) is 0 Å². The first-order chi connectivity index (χ1) is 19.9. The minimum Gasteiger partial charge on any atom is -0.487 e. The van der Waals surface area contributed by atoms with Gasteiger partial charge in [-0.15, -0.1) is 0 Å². The van der Waals surface area contributed by atoms with Gasteiger partial charge >= 0.3 is 0 Å². The van der Waals surface area contributed by atoms with Crippen LogP contribution in [0, 0.1) is 0 Å². The molecule has 0 heterocycles. The summed E-state index contributed by atoms with van der Waals surface area (Å²) in [4.78, 5) is 0. The molecule has 218 valence electrons. The Morgan fingerprint density at radius 3 is 0.975 bits per heavy atom. The Morgan fingerprint density at radius 2 is 0.600 bits per heavy atom. The Labute approximate surface area is 238 Å². The van der Waals surface area contributed by atoms with Crippen molar-refractivity contribution in [3.05, 3.63) is 96.1 Å². The number of rotatable bonds is 24. The molecule has 3 rings (SSSR count). The van der Waals surface area contributed by atoms with Crippen LogP contribution < -0.4 is 9.47 Å². The Hall–Kier alpha value is -2.98. The van der Waals surface area contributed by atoms with Gasteiger partial charge in [-0.3, -0.25) is 0 Å². The summed E-state index contributed by atoms with van der Waals surface area (Å²) >= 11 is 0. The minimum absolute atomic E-state index is 0.420. The summed E-state index contributed by atoms with van der Waals surface area (Å²) in [7, 11) is 0. The van der Waals surface area contributed by atoms with Crippen molar-refractivity contribution >= 4 is 0 Å². The molecule has 0 N–H and O–H groups in total. The lowest BCUT2D eigenvalue weighted by Gasteiger charge is -2.13. The van der Waals surface area contributed by atoms with Crippen LogP contribution in [0.4, 0.5) is 0 Å². The average molecular weight is 555 g/mol. The molecule has 3 aromatic rings. The van der Waals surface area contributed by atoms with Gasteiger partial charge in [-0.2, -0.15) is 0 Å². The molecule has 0 fully saturated rings. The van der Waals surface area contributed by atoms with Gasteiger partial charge in [0.05, 0.1) is 79.3 Å². The average Bonchev–Trinajstić information content (AvgIpc) is 3.00. The lowest BCUT2D eigenvalue weighted by molar-refractivity contribution is 0.00460. The second-order valence-corrected chi connectivity index (χ2v) is 8.67. The van der Waals surface area contributed by atoms with E-state index in [-0.39, 0.29) is 0 Å². The van der Waals surface area contributed by atoms with Crippen molar-refractivity contribution in [1.82, 2.24) is 0 Å². The maximum Gasteiger partial charge on any atom is 0.161 e. The van der Waals surface area contributed by atoms with Crippen molar-refractivity contribution < 1.29 is 37.9 Å². The summed E-state index contributed by atoms with van der Waals surface area (Å²) in [5, 5.41) is 0. The fourth-order valence-corrected chi connectivity index (χ4v) is 3.52. The van der Waals surface area contributed by atoms with E-state index in [1.54, 1.807) is 0 Å². The normalized spacial score (nSPS) is 11.0. The first-order valence-corrected chi connectivity index (χ1v) is 13.8. The van der Waals surface area contributed by atoms with Crippen LogP contribution in [-0.4, -0.2) is 79.3 Å². The zero-order valence-corrected chi connectivity index (χ0v) is 23.2. The molecule has 3 aromatic carbocycles. The maximum absolute atomic E-state index is 5.83. The fourth-order valence-electron chi connectivity index (χ4n) is 3.52. The lowest BCUT2D eigenvalue weighted by Crippen LogP contribution is -2.14. The van der Waals surface area contributed by atoms with Gasteiger partial charge < -0.3 is 37.9 Å². The van der Waals surface area contributed by atoms with E-state index in [1.165, 1.54) is 0 Å². The molecule has 0 amide bonds. The largest absolute Gasteiger partial charge is 0.487 e. The maximum atomic E-state index is 5.83. The summed E-state index contributed by atoms with van der Waals surface area (Å²) in [6, 6.07) is 27.7. The van der Waals surface area contributed by atoms with Crippen molar-refractivity contribution in [3.8, 4) is 11.5 Å². The molecule has 0 saturated heterocycles. The number of hydrogen-bond acceptors (Lipinski definition) is 8. The summed E-state index contributed by atoms with van der Waals surface area (Å²) < 4.78 is 45.1. The van der Waals surface area contributed by atoms with E-state index >= 15 is 0 Å². The van der Waals surface area contributed by atoms with E-state index in [1.807, 2.05) is 84.9 Å². The van der Waals surface area contributed by atoms with Crippen LogP contribution in [0.1, 0.15) is 11.1 Å². The van der Waals surface area contributed by atoms with Gasteiger partial charge in [0.25, 0.3) is 0 Å². The second-order valence-electron chi connectivity index (χ2n) is 8.67. The smallest absolute Gasteiger partial charge is 0.161 e. The highest BCUT2D eigenvalue weighted by atomic mass is 16.6. The van der Waals surface area contributed by atoms with E-state index in [4.69, 9.17) is 37.9 Å². The molecule has 8 nitrogen and oxygen atoms in total. The van der Waals surface area contributed by atoms with Crippen LogP contribution in [0.15, 0.2) is 84.9 Å². The molecule has 0 aromatic heterocycles. The first-order valence-electron chi connectivity index (χ1n) is 13.8. The first kappa shape index (κ1) is 31.5. The molecule has 0 radical (unpaired) electrons. The van der Waals surface area contributed by atoms with Gasteiger partial charge in [0.15, 0.2) is 11.5 Å². The van der Waals surface area contributed by atoms with Crippen molar-refractivity contribution in [3.63, 3.8) is 0 Å². The Bertz CT molecular complexity index is 906. The van der Waals surface area contributed by atoms with Crippen molar-refractivity contribution in [1.29, 1.82) is 0 Å². The lowest BCUT2D eigenvalue weighted by atomic mass is 10.2. The minimum atomic E-state index is 0.420. The van der Waals surface area contributed by atoms with E-state index in [2.05, 4.69) is 0 Å². The molecule has 0 aliphatic carbocycles. The molecule has 0 unspecified atom stereocenters. The number of hydrogen-bond donors (Lipinski definition) is 0. The highest BCUT2D eigenvalue weighted by Gasteiger charge is 2.04. The highest BCUT2D eigenvalue weighted by Crippen LogP contribution is 2.26. The molecule has 0 aliphatic rings. The third-order valence-corrected chi connectivity index (χ3v) is 5.53. The van der Waals surface area contributed by atoms with E-state index in [0.29, 0.717) is 104 Å². The predicted molar refractivity (Wildman–Crippen MR) is 153 cm³/mol. The zero-order valence-electron chi connectivity index (χ0n) is 23.2. The summed E-state index contributed by atoms with van der Waals surface area (Å²) in [6.07, 6.45) is 0. The van der Waals surface area contributed by atoms with E-state index < -0.39 is 0 Å². The fraction of sp³-hybridized carbons (Fsp3) is 0.438. The van der Waals surface area contributed by atoms with Gasteiger partial charge in [-0.05, 0) is 23.3 Å². The number of ether oxygens (including phenoxy) is 8. The Morgan fingerprint density at radius 1 is 0.300 bits per heavy atom. The van der Waals surface area contributed by atoms with Crippen molar-refractivity contribution in [2.24, 2.45) is 0 Å². The summed E-state index contributed by atoms with van der Waals surface area (Å²) in [5.74, 6) is 1.36. The summed E-state index contributed by atoms with van der Waals surface area (Å²) in [6.45, 7) is 7.17. The third-order valence-electron chi connectivity index (χ3n) is 5.53. The van der Waals surface area contributed by atoms with Crippen LogP contribution in [0.2, 0.25) is 0 Å². The van der Waals surface area contributed by atoms with E-state index in [0.717, 1.165) is 11.1 Å². The van der Waals surface area contributed by atoms with Gasteiger partial charge in [-0.25, -0.2) is 0 Å². The molecular weight excluding hydrogens is 512 g/mol. The van der Waals surface area contributed by atoms with Gasteiger partial charge in [0.2, 0.25) is 0 Å².